The molecule has 0 bridgehead atoms. The second-order valence-electron chi connectivity index (χ2n) is 6.70. The maximum absolute atomic E-state index is 12.4. The van der Waals surface area contributed by atoms with Crippen LogP contribution in [0.2, 0.25) is 0 Å². The molecule has 0 unspecified atom stereocenters. The summed E-state index contributed by atoms with van der Waals surface area (Å²) >= 11 is 0. The number of H-pyrrole nitrogens is 1. The first-order valence-corrected chi connectivity index (χ1v) is 8.67. The van der Waals surface area contributed by atoms with Gasteiger partial charge in [0.05, 0.1) is 5.52 Å². The van der Waals surface area contributed by atoms with E-state index in [1.54, 1.807) is 6.07 Å². The van der Waals surface area contributed by atoms with Crippen molar-refractivity contribution in [1.82, 2.24) is 4.98 Å². The van der Waals surface area contributed by atoms with Crippen LogP contribution >= 0.6 is 0 Å². The standard InChI is InChI=1S/C21H20N2O2/c1-13-5-4-6-14(11-13)20(24)22-15-9-10-17-16-7-2-3-8-18(16)21(25)23-19(17)12-15/h4-6,9-12H,2-3,7-8H2,1H3,(H,22,24)(H,23,25). The fraction of sp³-hybridized carbons (Fsp3) is 0.238. The topological polar surface area (TPSA) is 62.0 Å². The Hall–Kier alpha value is -2.88. The third-order valence-electron chi connectivity index (χ3n) is 4.87. The van der Waals surface area contributed by atoms with Crippen LogP contribution in [-0.2, 0) is 12.8 Å². The molecule has 0 saturated heterocycles. The Balaban J connectivity index is 1.70. The number of fused-ring (bicyclic) bond motifs is 3. The van der Waals surface area contributed by atoms with Gasteiger partial charge in [-0.15, -0.1) is 0 Å². The van der Waals surface area contributed by atoms with Crippen LogP contribution in [0.4, 0.5) is 5.69 Å². The SMILES string of the molecule is Cc1cccc(C(=O)Nc2ccc3c4c(c(=O)[nH]c3c2)CCCC4)c1. The van der Waals surface area contributed by atoms with E-state index in [0.717, 1.165) is 47.7 Å². The fourth-order valence-corrected chi connectivity index (χ4v) is 3.63. The maximum Gasteiger partial charge on any atom is 0.255 e. The van der Waals surface area contributed by atoms with Gasteiger partial charge in [-0.1, -0.05) is 23.8 Å². The highest BCUT2D eigenvalue weighted by Crippen LogP contribution is 2.27. The van der Waals surface area contributed by atoms with Crippen molar-refractivity contribution in [3.8, 4) is 0 Å². The first-order valence-electron chi connectivity index (χ1n) is 8.67. The number of rotatable bonds is 2. The molecule has 3 aromatic rings. The van der Waals surface area contributed by atoms with Gasteiger partial charge in [-0.25, -0.2) is 0 Å². The molecule has 1 aliphatic carbocycles. The Labute approximate surface area is 145 Å². The quantitative estimate of drug-likeness (QED) is 0.746. The summed E-state index contributed by atoms with van der Waals surface area (Å²) in [4.78, 5) is 27.7. The van der Waals surface area contributed by atoms with E-state index in [2.05, 4.69) is 10.3 Å². The van der Waals surface area contributed by atoms with E-state index in [9.17, 15) is 9.59 Å². The summed E-state index contributed by atoms with van der Waals surface area (Å²) in [6, 6.07) is 13.2. The van der Waals surface area contributed by atoms with Crippen LogP contribution < -0.4 is 10.9 Å². The van der Waals surface area contributed by atoms with Gasteiger partial charge in [-0.05, 0) is 62.4 Å². The lowest BCUT2D eigenvalue weighted by atomic mass is 9.90. The molecule has 4 heteroatoms. The Morgan fingerprint density at radius 1 is 1.04 bits per heavy atom. The van der Waals surface area contributed by atoms with Gasteiger partial charge in [0.1, 0.15) is 0 Å². The molecule has 4 rings (SSSR count). The molecule has 4 nitrogen and oxygen atoms in total. The molecule has 1 amide bonds. The van der Waals surface area contributed by atoms with Gasteiger partial charge in [-0.3, -0.25) is 9.59 Å². The molecule has 1 aromatic heterocycles. The summed E-state index contributed by atoms with van der Waals surface area (Å²) in [5.74, 6) is -0.150. The van der Waals surface area contributed by atoms with Crippen LogP contribution in [0.15, 0.2) is 47.3 Å². The number of anilines is 1. The summed E-state index contributed by atoms with van der Waals surface area (Å²) in [5.41, 5.74) is 5.24. The van der Waals surface area contributed by atoms with E-state index in [0.29, 0.717) is 11.3 Å². The molecule has 1 heterocycles. The Bertz CT molecular complexity index is 1030. The van der Waals surface area contributed by atoms with Gasteiger partial charge in [0, 0.05) is 22.2 Å². The number of pyridine rings is 1. The van der Waals surface area contributed by atoms with Crippen LogP contribution in [0.25, 0.3) is 10.9 Å². The summed E-state index contributed by atoms with van der Waals surface area (Å²) in [7, 11) is 0. The first-order chi connectivity index (χ1) is 12.1. The largest absolute Gasteiger partial charge is 0.322 e. The van der Waals surface area contributed by atoms with Crippen molar-refractivity contribution in [1.29, 1.82) is 0 Å². The highest BCUT2D eigenvalue weighted by atomic mass is 16.1. The molecule has 0 fully saturated rings. The van der Waals surface area contributed by atoms with Crippen LogP contribution in [0.3, 0.4) is 0 Å². The molecular formula is C21H20N2O2. The minimum atomic E-state index is -0.150. The minimum absolute atomic E-state index is 0.00404. The number of aryl methyl sites for hydroxylation is 2. The first kappa shape index (κ1) is 15.6. The van der Waals surface area contributed by atoms with E-state index >= 15 is 0 Å². The van der Waals surface area contributed by atoms with Gasteiger partial charge in [0.25, 0.3) is 11.5 Å². The van der Waals surface area contributed by atoms with Crippen LogP contribution in [0, 0.1) is 6.92 Å². The average molecular weight is 332 g/mol. The second-order valence-corrected chi connectivity index (χ2v) is 6.70. The zero-order chi connectivity index (χ0) is 17.4. The highest BCUT2D eigenvalue weighted by Gasteiger charge is 2.16. The molecule has 0 spiro atoms. The zero-order valence-corrected chi connectivity index (χ0v) is 14.2. The number of hydrogen-bond acceptors (Lipinski definition) is 2. The molecule has 2 aromatic carbocycles. The molecule has 1 aliphatic rings. The fourth-order valence-electron chi connectivity index (χ4n) is 3.63. The molecule has 126 valence electrons. The van der Waals surface area contributed by atoms with Gasteiger partial charge in [-0.2, -0.15) is 0 Å². The average Bonchev–Trinajstić information content (AvgIpc) is 2.62. The van der Waals surface area contributed by atoms with Crippen molar-refractivity contribution in [3.63, 3.8) is 0 Å². The monoisotopic (exact) mass is 332 g/mol. The number of aromatic amines is 1. The van der Waals surface area contributed by atoms with Crippen molar-refractivity contribution in [2.75, 3.05) is 5.32 Å². The molecule has 25 heavy (non-hydrogen) atoms. The van der Waals surface area contributed by atoms with Gasteiger partial charge < -0.3 is 10.3 Å². The van der Waals surface area contributed by atoms with E-state index in [4.69, 9.17) is 0 Å². The normalized spacial score (nSPS) is 13.5. The lowest BCUT2D eigenvalue weighted by Gasteiger charge is -2.17. The molecule has 0 saturated carbocycles. The third-order valence-corrected chi connectivity index (χ3v) is 4.87. The number of carbonyl (C=O) groups is 1. The lowest BCUT2D eigenvalue weighted by Crippen LogP contribution is -2.19. The summed E-state index contributed by atoms with van der Waals surface area (Å²) in [6.07, 6.45) is 4.00. The van der Waals surface area contributed by atoms with Crippen molar-refractivity contribution in [2.45, 2.75) is 32.6 Å². The van der Waals surface area contributed by atoms with Crippen LogP contribution in [0.1, 0.15) is 39.9 Å². The highest BCUT2D eigenvalue weighted by molar-refractivity contribution is 6.05. The van der Waals surface area contributed by atoms with E-state index in [1.807, 2.05) is 43.3 Å². The van der Waals surface area contributed by atoms with Crippen molar-refractivity contribution >= 4 is 22.5 Å². The Kier molecular flexibility index (Phi) is 3.88. The van der Waals surface area contributed by atoms with Crippen LogP contribution in [0.5, 0.6) is 0 Å². The van der Waals surface area contributed by atoms with Gasteiger partial charge in [0.2, 0.25) is 0 Å². The van der Waals surface area contributed by atoms with E-state index in [-0.39, 0.29) is 11.5 Å². The van der Waals surface area contributed by atoms with E-state index in [1.165, 1.54) is 5.56 Å². The summed E-state index contributed by atoms with van der Waals surface area (Å²) in [6.45, 7) is 1.96. The number of nitrogens with one attached hydrogen (secondary N) is 2. The van der Waals surface area contributed by atoms with Gasteiger partial charge in [0.15, 0.2) is 0 Å². The Morgan fingerprint density at radius 2 is 1.84 bits per heavy atom. The predicted octanol–water partition coefficient (Wildman–Crippen LogP) is 3.97. The second kappa shape index (κ2) is 6.20. The number of amides is 1. The minimum Gasteiger partial charge on any atom is -0.322 e. The number of carbonyl (C=O) groups excluding carboxylic acids is 1. The summed E-state index contributed by atoms with van der Waals surface area (Å²) in [5, 5.41) is 4.00. The third kappa shape index (κ3) is 2.95. The molecule has 0 atom stereocenters. The maximum atomic E-state index is 12.4. The molecule has 2 N–H and O–H groups in total. The molecule has 0 aliphatic heterocycles. The summed E-state index contributed by atoms with van der Waals surface area (Å²) < 4.78 is 0. The van der Waals surface area contributed by atoms with E-state index < -0.39 is 0 Å². The molecule has 0 radical (unpaired) electrons. The number of hydrogen-bond donors (Lipinski definition) is 2. The molecular weight excluding hydrogens is 312 g/mol. The van der Waals surface area contributed by atoms with Gasteiger partial charge >= 0.3 is 0 Å². The lowest BCUT2D eigenvalue weighted by molar-refractivity contribution is 0.102. The Morgan fingerprint density at radius 3 is 2.64 bits per heavy atom. The van der Waals surface area contributed by atoms with Crippen molar-refractivity contribution in [3.05, 3.63) is 75.1 Å². The number of benzene rings is 2. The zero-order valence-electron chi connectivity index (χ0n) is 14.2. The smallest absolute Gasteiger partial charge is 0.255 e. The van der Waals surface area contributed by atoms with Crippen molar-refractivity contribution < 1.29 is 4.79 Å². The number of aromatic nitrogens is 1. The van der Waals surface area contributed by atoms with Crippen LogP contribution in [-0.4, -0.2) is 10.9 Å². The van der Waals surface area contributed by atoms with Crippen molar-refractivity contribution in [2.24, 2.45) is 0 Å². The predicted molar refractivity (Wildman–Crippen MR) is 100 cm³/mol.